The number of aromatic nitrogens is 1. The Hall–Kier alpha value is -8.24. The minimum Gasteiger partial charge on any atom is -0.454 e. The second kappa shape index (κ2) is 19.2. The van der Waals surface area contributed by atoms with Crippen molar-refractivity contribution in [1.82, 2.24) is 4.57 Å². The maximum atomic E-state index is 11.4. The number of nitriles is 1. The Morgan fingerprint density at radius 2 is 0.927 bits per heavy atom. The molecule has 12 rings (SSSR count). The quantitative estimate of drug-likeness (QED) is 0.159. The van der Waals surface area contributed by atoms with Crippen molar-refractivity contribution in [2.24, 2.45) is 0 Å². The Bertz CT molecular complexity index is 4320. The van der Waals surface area contributed by atoms with Gasteiger partial charge in [0, 0.05) is 44.3 Å². The molecule has 0 unspecified atom stereocenters. The van der Waals surface area contributed by atoms with E-state index < -0.39 is 0 Å². The first-order valence-electron chi connectivity index (χ1n) is 28.8. The van der Waals surface area contributed by atoms with Crippen LogP contribution in [0.2, 0.25) is 5.02 Å². The molecular weight excluding hydrogens is 1020 g/mol. The van der Waals surface area contributed by atoms with Gasteiger partial charge in [-0.1, -0.05) is 188 Å². The van der Waals surface area contributed by atoms with E-state index in [2.05, 4.69) is 281 Å². The normalized spacial score (nSPS) is 13.1. The van der Waals surface area contributed by atoms with E-state index in [0.717, 1.165) is 72.9 Å². The predicted molar refractivity (Wildman–Crippen MR) is 349 cm³/mol. The summed E-state index contributed by atoms with van der Waals surface area (Å²) in [5.74, 6) is 0. The number of nitrogens with zero attached hydrogens (tertiary/aromatic N) is 5. The molecule has 0 amide bonds. The van der Waals surface area contributed by atoms with Gasteiger partial charge >= 0.3 is 0 Å². The molecule has 0 bridgehead atoms. The fraction of sp³-hybridized carbons (Fsp3) is 0.267. The summed E-state index contributed by atoms with van der Waals surface area (Å²) in [6, 6.07) is 66.2. The highest BCUT2D eigenvalue weighted by molar-refractivity contribution is 6.37. The largest absolute Gasteiger partial charge is 0.454 e. The third kappa shape index (κ3) is 9.28. The Morgan fingerprint density at radius 1 is 0.402 bits per heavy atom. The van der Waals surface area contributed by atoms with Crippen LogP contribution in [0.4, 0.5) is 51.2 Å². The van der Waals surface area contributed by atoms with Crippen molar-refractivity contribution >= 4 is 107 Å². The molecule has 0 spiro atoms. The van der Waals surface area contributed by atoms with Gasteiger partial charge in [0.15, 0.2) is 5.58 Å². The summed E-state index contributed by atoms with van der Waals surface area (Å²) >= 11 is 8.36. The number of anilines is 9. The lowest BCUT2D eigenvalue weighted by molar-refractivity contribution is 0.589. The molecular formula is C75H74ClN5O. The smallest absolute Gasteiger partial charge is 0.159 e. The van der Waals surface area contributed by atoms with Gasteiger partial charge in [-0.2, -0.15) is 5.26 Å². The SMILES string of the molecule is CC(C)(C)c1ccc(N(c2ccc(C(C)(C)C)cc2)c2cccc(N(c3cc(C#N)cc(N4c5ccc(C(C)(C)C)cc5-n5c6ccc(C(C)(C)C)cc6c6cc(C(C)(C)C)cc4c65)c3Cl)c3cccc4c3oc3ccccc34)c2)cc1. The van der Waals surface area contributed by atoms with Crippen LogP contribution < -0.4 is 14.7 Å². The zero-order chi connectivity index (χ0) is 58.2. The molecule has 3 heterocycles. The maximum Gasteiger partial charge on any atom is 0.159 e. The number of hydrogen-bond acceptors (Lipinski definition) is 5. The fourth-order valence-electron chi connectivity index (χ4n) is 11.9. The van der Waals surface area contributed by atoms with Crippen molar-refractivity contribution in [3.63, 3.8) is 0 Å². The van der Waals surface area contributed by atoms with E-state index in [1.165, 1.54) is 38.6 Å². The molecule has 7 heteroatoms. The van der Waals surface area contributed by atoms with Crippen LogP contribution in [0.15, 0.2) is 180 Å². The number of halogens is 1. The number of fused-ring (bicyclic) bond motifs is 8. The summed E-state index contributed by atoms with van der Waals surface area (Å²) in [7, 11) is 0. The summed E-state index contributed by atoms with van der Waals surface area (Å²) in [6.45, 7) is 34.0. The van der Waals surface area contributed by atoms with E-state index in [1.54, 1.807) is 0 Å². The lowest BCUT2D eigenvalue weighted by atomic mass is 9.84. The minimum atomic E-state index is -0.212. The average molecular weight is 1100 g/mol. The number of furan rings is 1. The van der Waals surface area contributed by atoms with Crippen LogP contribution in [0.3, 0.4) is 0 Å². The molecule has 412 valence electrons. The third-order valence-corrected chi connectivity index (χ3v) is 17.1. The summed E-state index contributed by atoms with van der Waals surface area (Å²) in [4.78, 5) is 6.86. The molecule has 0 aliphatic carbocycles. The van der Waals surface area contributed by atoms with Crippen LogP contribution in [0, 0.1) is 11.3 Å². The zero-order valence-electron chi connectivity index (χ0n) is 50.3. The minimum absolute atomic E-state index is 0.0203. The van der Waals surface area contributed by atoms with Gasteiger partial charge in [0.25, 0.3) is 0 Å². The van der Waals surface area contributed by atoms with Gasteiger partial charge in [0.05, 0.1) is 61.8 Å². The van der Waals surface area contributed by atoms with E-state index in [4.69, 9.17) is 16.0 Å². The van der Waals surface area contributed by atoms with Gasteiger partial charge in [0.2, 0.25) is 0 Å². The molecule has 11 aromatic rings. The van der Waals surface area contributed by atoms with Crippen molar-refractivity contribution in [1.29, 1.82) is 5.26 Å². The van der Waals surface area contributed by atoms with E-state index in [0.29, 0.717) is 27.5 Å². The van der Waals surface area contributed by atoms with Crippen molar-refractivity contribution < 1.29 is 4.42 Å². The highest BCUT2D eigenvalue weighted by atomic mass is 35.5. The summed E-state index contributed by atoms with van der Waals surface area (Å²) in [6.07, 6.45) is 0. The number of benzene rings is 9. The first-order chi connectivity index (χ1) is 38.7. The Kier molecular flexibility index (Phi) is 12.7. The molecule has 1 aliphatic heterocycles. The van der Waals surface area contributed by atoms with Gasteiger partial charge in [-0.3, -0.25) is 0 Å². The number of para-hydroxylation sites is 2. The standard InChI is InChI=1S/C75H74ClN5O/c1-71(2,3)47-26-32-52(33-27-47)78(53-34-28-48(29-35-53)72(4,5)6)54-20-18-21-55(44-54)79(62-24-19-23-57-56-22-16-17-25-67(56)82-70(57)62)64-38-46(45-77)39-65(68(64)76)80-61-37-31-50(74(10,11)12)42-63(61)81-60-36-30-49(73(7,8)9)40-58(60)59-41-51(75(13,14)15)43-66(80)69(59)81/h16-44H,1-15H3. The van der Waals surface area contributed by atoms with Crippen LogP contribution in [-0.4, -0.2) is 4.57 Å². The Morgan fingerprint density at radius 3 is 1.54 bits per heavy atom. The highest BCUT2D eigenvalue weighted by Crippen LogP contribution is 2.56. The molecule has 0 atom stereocenters. The van der Waals surface area contributed by atoms with Gasteiger partial charge in [-0.05, 0) is 158 Å². The number of hydrogen-bond donors (Lipinski definition) is 0. The van der Waals surface area contributed by atoms with Gasteiger partial charge in [-0.15, -0.1) is 0 Å². The lowest BCUT2D eigenvalue weighted by Gasteiger charge is -2.37. The molecule has 9 aromatic carbocycles. The van der Waals surface area contributed by atoms with E-state index in [9.17, 15) is 5.26 Å². The second-order valence-corrected chi connectivity index (χ2v) is 28.1. The van der Waals surface area contributed by atoms with Crippen LogP contribution in [0.5, 0.6) is 0 Å². The Labute approximate surface area is 489 Å². The molecule has 0 N–H and O–H groups in total. The molecule has 1 aliphatic rings. The van der Waals surface area contributed by atoms with Gasteiger partial charge in [-0.25, -0.2) is 0 Å². The summed E-state index contributed by atoms with van der Waals surface area (Å²) in [5, 5.41) is 16.2. The molecule has 2 aromatic heterocycles. The van der Waals surface area contributed by atoms with Crippen LogP contribution in [0.1, 0.15) is 137 Å². The molecule has 6 nitrogen and oxygen atoms in total. The number of rotatable bonds is 7. The van der Waals surface area contributed by atoms with Crippen LogP contribution in [0.25, 0.3) is 49.4 Å². The summed E-state index contributed by atoms with van der Waals surface area (Å²) < 4.78 is 9.41. The third-order valence-electron chi connectivity index (χ3n) is 16.7. The molecule has 82 heavy (non-hydrogen) atoms. The zero-order valence-corrected chi connectivity index (χ0v) is 51.0. The van der Waals surface area contributed by atoms with Gasteiger partial charge < -0.3 is 23.7 Å². The van der Waals surface area contributed by atoms with Crippen molar-refractivity contribution in [2.45, 2.75) is 131 Å². The van der Waals surface area contributed by atoms with Crippen molar-refractivity contribution in [2.75, 3.05) is 14.7 Å². The van der Waals surface area contributed by atoms with Crippen LogP contribution in [-0.2, 0) is 27.1 Å². The summed E-state index contributed by atoms with van der Waals surface area (Å²) in [5.41, 5.74) is 18.9. The topological polar surface area (TPSA) is 51.6 Å². The van der Waals surface area contributed by atoms with E-state index in [1.807, 2.05) is 24.3 Å². The maximum absolute atomic E-state index is 11.4. The highest BCUT2D eigenvalue weighted by Gasteiger charge is 2.35. The Balaban J connectivity index is 1.15. The van der Waals surface area contributed by atoms with Crippen molar-refractivity contribution in [3.05, 3.63) is 214 Å². The predicted octanol–water partition coefficient (Wildman–Crippen LogP) is 22.4. The first kappa shape index (κ1) is 54.4. The van der Waals surface area contributed by atoms with E-state index >= 15 is 0 Å². The molecule has 0 saturated carbocycles. The second-order valence-electron chi connectivity index (χ2n) is 27.7. The molecule has 0 radical (unpaired) electrons. The fourth-order valence-corrected chi connectivity index (χ4v) is 12.2. The molecule has 0 fully saturated rings. The van der Waals surface area contributed by atoms with E-state index in [-0.39, 0.29) is 27.1 Å². The molecule has 0 saturated heterocycles. The average Bonchev–Trinajstić information content (AvgIpc) is 1.90. The van der Waals surface area contributed by atoms with Crippen LogP contribution >= 0.6 is 11.6 Å². The first-order valence-corrected chi connectivity index (χ1v) is 29.2. The van der Waals surface area contributed by atoms with Crippen molar-refractivity contribution in [3.8, 4) is 11.8 Å². The van der Waals surface area contributed by atoms with Gasteiger partial charge in [0.1, 0.15) is 5.58 Å². The monoisotopic (exact) mass is 1100 g/mol. The lowest BCUT2D eigenvalue weighted by Crippen LogP contribution is -2.22.